The quantitative estimate of drug-likeness (QED) is 0.431. The number of nitrogens with zero attached hydrogens (tertiary/aromatic N) is 6. The number of hydrogen-bond acceptors (Lipinski definition) is 7. The Morgan fingerprint density at radius 2 is 1.91 bits per heavy atom. The lowest BCUT2D eigenvalue weighted by Gasteiger charge is -2.34. The number of piperazine rings is 1. The first-order chi connectivity index (χ1) is 15.8. The Kier molecular flexibility index (Phi) is 6.09. The minimum atomic E-state index is 0.0406. The Hall–Kier alpha value is -3.30. The summed E-state index contributed by atoms with van der Waals surface area (Å²) in [6.07, 6.45) is 5.16. The summed E-state index contributed by atoms with van der Waals surface area (Å²) in [6, 6.07) is 13.8. The van der Waals surface area contributed by atoms with Gasteiger partial charge in [-0.1, -0.05) is 29.4 Å². The molecule has 0 N–H and O–H groups in total. The Morgan fingerprint density at radius 1 is 1.06 bits per heavy atom. The molecule has 0 spiro atoms. The van der Waals surface area contributed by atoms with Crippen LogP contribution in [0.3, 0.4) is 0 Å². The molecule has 4 heterocycles. The van der Waals surface area contributed by atoms with Crippen molar-refractivity contribution in [3.63, 3.8) is 0 Å². The van der Waals surface area contributed by atoms with Crippen LogP contribution in [0.25, 0.3) is 16.4 Å². The number of carbonyl (C=O) groups is 1. The van der Waals surface area contributed by atoms with E-state index in [0.29, 0.717) is 17.3 Å². The summed E-state index contributed by atoms with van der Waals surface area (Å²) in [5.74, 6) is 1.38. The molecule has 1 amide bonds. The molecule has 1 aliphatic heterocycles. The largest absolute Gasteiger partial charge is 0.339 e. The lowest BCUT2D eigenvalue weighted by molar-refractivity contribution is 0.0635. The average molecular weight is 449 g/mol. The van der Waals surface area contributed by atoms with E-state index in [1.807, 2.05) is 52.7 Å². The number of thiophene rings is 1. The van der Waals surface area contributed by atoms with E-state index in [4.69, 9.17) is 4.52 Å². The van der Waals surface area contributed by atoms with Crippen LogP contribution in [-0.2, 0) is 6.42 Å². The molecule has 0 atom stereocenters. The fourth-order valence-electron chi connectivity index (χ4n) is 3.83. The van der Waals surface area contributed by atoms with Gasteiger partial charge in [0.15, 0.2) is 0 Å². The molecule has 0 radical (unpaired) electrons. The smallest absolute Gasteiger partial charge is 0.257 e. The topological polar surface area (TPSA) is 80.3 Å². The third kappa shape index (κ3) is 4.63. The number of hydrogen-bond donors (Lipinski definition) is 0. The van der Waals surface area contributed by atoms with Crippen molar-refractivity contribution >= 4 is 17.2 Å². The van der Waals surface area contributed by atoms with Crippen molar-refractivity contribution in [3.05, 3.63) is 71.7 Å². The minimum Gasteiger partial charge on any atom is -0.339 e. The molecule has 32 heavy (non-hydrogen) atoms. The maximum Gasteiger partial charge on any atom is 0.257 e. The Morgan fingerprint density at radius 3 is 2.69 bits per heavy atom. The van der Waals surface area contributed by atoms with Crippen LogP contribution < -0.4 is 0 Å². The minimum absolute atomic E-state index is 0.0406. The van der Waals surface area contributed by atoms with Gasteiger partial charge in [-0.3, -0.25) is 9.69 Å². The lowest BCUT2D eigenvalue weighted by atomic mass is 10.2. The first kappa shape index (κ1) is 20.6. The van der Waals surface area contributed by atoms with Gasteiger partial charge in [-0.2, -0.15) is 10.1 Å². The first-order valence-electron chi connectivity index (χ1n) is 10.7. The second-order valence-corrected chi connectivity index (χ2v) is 8.68. The highest BCUT2D eigenvalue weighted by Crippen LogP contribution is 2.21. The summed E-state index contributed by atoms with van der Waals surface area (Å²) < 4.78 is 7.12. The Balaban J connectivity index is 1.08. The normalized spacial score (nSPS) is 14.7. The van der Waals surface area contributed by atoms with Crippen LogP contribution in [-0.4, -0.2) is 68.4 Å². The molecule has 8 nitrogen and oxygen atoms in total. The zero-order chi connectivity index (χ0) is 21.8. The maximum absolute atomic E-state index is 12.9. The standard InChI is InChI=1S/C23H24N6O2S/c30-23(18-16-24-29(17-18)19-6-2-1-3-7-19)28-13-11-27(12-14-28)10-4-9-21-25-22(26-31-21)20-8-5-15-32-20/h1-3,5-8,15-17H,4,9-14H2. The van der Waals surface area contributed by atoms with E-state index in [2.05, 4.69) is 20.1 Å². The molecular weight excluding hydrogens is 424 g/mol. The number of benzene rings is 1. The van der Waals surface area contributed by atoms with Gasteiger partial charge in [-0.15, -0.1) is 11.3 Å². The lowest BCUT2D eigenvalue weighted by Crippen LogP contribution is -2.48. The van der Waals surface area contributed by atoms with Crippen molar-refractivity contribution in [1.29, 1.82) is 0 Å². The van der Waals surface area contributed by atoms with E-state index in [1.165, 1.54) is 0 Å². The van der Waals surface area contributed by atoms with Crippen molar-refractivity contribution in [3.8, 4) is 16.4 Å². The van der Waals surface area contributed by atoms with Crippen LogP contribution in [0.5, 0.6) is 0 Å². The molecule has 1 saturated heterocycles. The third-order valence-corrected chi connectivity index (χ3v) is 6.45. The molecule has 0 unspecified atom stereocenters. The fourth-order valence-corrected chi connectivity index (χ4v) is 4.48. The van der Waals surface area contributed by atoms with Gasteiger partial charge < -0.3 is 9.42 Å². The molecule has 0 saturated carbocycles. The zero-order valence-corrected chi connectivity index (χ0v) is 18.4. The highest BCUT2D eigenvalue weighted by molar-refractivity contribution is 7.13. The average Bonchev–Trinajstić information content (AvgIpc) is 3.61. The highest BCUT2D eigenvalue weighted by atomic mass is 32.1. The van der Waals surface area contributed by atoms with Gasteiger partial charge in [0.1, 0.15) is 0 Å². The van der Waals surface area contributed by atoms with Gasteiger partial charge >= 0.3 is 0 Å². The highest BCUT2D eigenvalue weighted by Gasteiger charge is 2.23. The Labute approximate surface area is 190 Å². The SMILES string of the molecule is O=C(c1cnn(-c2ccccc2)c1)N1CCN(CCCc2nc(-c3cccs3)no2)CC1. The van der Waals surface area contributed by atoms with Gasteiger partial charge in [0.05, 0.1) is 22.3 Å². The van der Waals surface area contributed by atoms with E-state index in [1.54, 1.807) is 28.4 Å². The molecule has 5 rings (SSSR count). The van der Waals surface area contributed by atoms with Gasteiger partial charge in [0, 0.05) is 38.8 Å². The van der Waals surface area contributed by atoms with E-state index in [0.717, 1.165) is 56.1 Å². The van der Waals surface area contributed by atoms with Gasteiger partial charge in [0.2, 0.25) is 11.7 Å². The predicted molar refractivity (Wildman–Crippen MR) is 122 cm³/mol. The number of amides is 1. The summed E-state index contributed by atoms with van der Waals surface area (Å²) >= 11 is 1.61. The fraction of sp³-hybridized carbons (Fsp3) is 0.304. The maximum atomic E-state index is 12.9. The van der Waals surface area contributed by atoms with Crippen molar-refractivity contribution in [1.82, 2.24) is 29.7 Å². The molecule has 1 fully saturated rings. The summed E-state index contributed by atoms with van der Waals surface area (Å²) in [4.78, 5) is 22.7. The van der Waals surface area contributed by atoms with E-state index < -0.39 is 0 Å². The van der Waals surface area contributed by atoms with Gasteiger partial charge in [-0.05, 0) is 36.5 Å². The Bertz CT molecular complexity index is 1150. The monoisotopic (exact) mass is 448 g/mol. The summed E-state index contributed by atoms with van der Waals surface area (Å²) in [5.41, 5.74) is 1.57. The molecular formula is C23H24N6O2S. The van der Waals surface area contributed by atoms with Crippen LogP contribution in [0.4, 0.5) is 0 Å². The van der Waals surface area contributed by atoms with E-state index in [-0.39, 0.29) is 5.91 Å². The molecule has 164 valence electrons. The van der Waals surface area contributed by atoms with Crippen LogP contribution in [0.2, 0.25) is 0 Å². The van der Waals surface area contributed by atoms with Crippen molar-refractivity contribution in [2.24, 2.45) is 0 Å². The number of aryl methyl sites for hydroxylation is 1. The summed E-state index contributed by atoms with van der Waals surface area (Å²) in [7, 11) is 0. The number of carbonyl (C=O) groups excluding carboxylic acids is 1. The molecule has 0 bridgehead atoms. The van der Waals surface area contributed by atoms with Crippen molar-refractivity contribution < 1.29 is 9.32 Å². The van der Waals surface area contributed by atoms with Crippen molar-refractivity contribution in [2.45, 2.75) is 12.8 Å². The molecule has 9 heteroatoms. The van der Waals surface area contributed by atoms with Crippen LogP contribution in [0.15, 0.2) is 64.8 Å². The molecule has 0 aliphatic carbocycles. The number of para-hydroxylation sites is 1. The number of aromatic nitrogens is 4. The first-order valence-corrected chi connectivity index (χ1v) is 11.6. The van der Waals surface area contributed by atoms with Crippen molar-refractivity contribution in [2.75, 3.05) is 32.7 Å². The van der Waals surface area contributed by atoms with Gasteiger partial charge in [-0.25, -0.2) is 4.68 Å². The summed E-state index contributed by atoms with van der Waals surface area (Å²) in [6.45, 7) is 4.12. The van der Waals surface area contributed by atoms with Crippen LogP contribution >= 0.6 is 11.3 Å². The molecule has 3 aromatic heterocycles. The molecule has 4 aromatic rings. The predicted octanol–water partition coefficient (Wildman–Crippen LogP) is 3.37. The van der Waals surface area contributed by atoms with E-state index >= 15 is 0 Å². The number of rotatable bonds is 7. The molecule has 1 aromatic carbocycles. The van der Waals surface area contributed by atoms with Crippen LogP contribution in [0, 0.1) is 0 Å². The summed E-state index contributed by atoms with van der Waals surface area (Å²) in [5, 5.41) is 10.4. The van der Waals surface area contributed by atoms with Crippen LogP contribution in [0.1, 0.15) is 22.7 Å². The zero-order valence-electron chi connectivity index (χ0n) is 17.6. The second-order valence-electron chi connectivity index (χ2n) is 7.74. The molecule has 1 aliphatic rings. The van der Waals surface area contributed by atoms with Gasteiger partial charge in [0.25, 0.3) is 5.91 Å². The second kappa shape index (κ2) is 9.46. The van der Waals surface area contributed by atoms with E-state index in [9.17, 15) is 4.79 Å². The third-order valence-electron chi connectivity index (χ3n) is 5.58.